The van der Waals surface area contributed by atoms with Crippen LogP contribution >= 0.6 is 0 Å². The van der Waals surface area contributed by atoms with Crippen molar-refractivity contribution in [2.75, 3.05) is 5.32 Å². The predicted molar refractivity (Wildman–Crippen MR) is 99.3 cm³/mol. The molecule has 3 rings (SSSR count). The number of anilines is 2. The molecule has 1 heterocycles. The maximum atomic E-state index is 11.3. The van der Waals surface area contributed by atoms with Crippen molar-refractivity contribution in [1.82, 2.24) is 4.98 Å². The Hall–Kier alpha value is -4.23. The Balaban J connectivity index is 1.86. The highest BCUT2D eigenvalue weighted by Gasteiger charge is 2.18. The first-order valence-corrected chi connectivity index (χ1v) is 7.98. The largest absolute Gasteiger partial charge is 0.350 e. The number of pyridine rings is 1. The van der Waals surface area contributed by atoms with E-state index in [9.17, 15) is 10.1 Å². The van der Waals surface area contributed by atoms with Crippen LogP contribution in [0, 0.1) is 32.8 Å². The van der Waals surface area contributed by atoms with Crippen LogP contribution in [0.2, 0.25) is 0 Å². The second-order valence-corrected chi connectivity index (χ2v) is 5.75. The normalized spacial score (nSPS) is 9.85. The molecule has 0 fully saturated rings. The molecule has 0 aliphatic heterocycles. The number of hydrogen-bond donors (Lipinski definition) is 1. The topological polar surface area (TPSA) is 116 Å². The minimum Gasteiger partial charge on any atom is -0.350 e. The Labute approximate surface area is 155 Å². The zero-order valence-corrected chi connectivity index (χ0v) is 14.1. The lowest BCUT2D eigenvalue weighted by atomic mass is 10.1. The van der Waals surface area contributed by atoms with Gasteiger partial charge in [-0.05, 0) is 47.9 Å². The zero-order valence-electron chi connectivity index (χ0n) is 14.1. The number of nitriles is 2. The van der Waals surface area contributed by atoms with Gasteiger partial charge in [-0.3, -0.25) is 15.1 Å². The maximum absolute atomic E-state index is 11.3. The van der Waals surface area contributed by atoms with Crippen LogP contribution in [0.3, 0.4) is 0 Å². The number of benzene rings is 2. The van der Waals surface area contributed by atoms with Crippen LogP contribution in [0.15, 0.2) is 60.9 Å². The van der Waals surface area contributed by atoms with Crippen molar-refractivity contribution in [2.45, 2.75) is 6.42 Å². The number of hydrogen-bond acceptors (Lipinski definition) is 6. The van der Waals surface area contributed by atoms with E-state index in [4.69, 9.17) is 10.5 Å². The third kappa shape index (κ3) is 4.06. The van der Waals surface area contributed by atoms with Crippen molar-refractivity contribution in [3.8, 4) is 12.1 Å². The van der Waals surface area contributed by atoms with Crippen molar-refractivity contribution >= 4 is 17.1 Å². The van der Waals surface area contributed by atoms with Crippen LogP contribution in [0.5, 0.6) is 0 Å². The van der Waals surface area contributed by atoms with Crippen molar-refractivity contribution in [2.24, 2.45) is 0 Å². The molecule has 0 spiro atoms. The van der Waals surface area contributed by atoms with Gasteiger partial charge in [0.2, 0.25) is 0 Å². The van der Waals surface area contributed by atoms with E-state index in [1.165, 1.54) is 6.07 Å². The van der Waals surface area contributed by atoms with E-state index in [1.807, 2.05) is 42.5 Å². The molecular weight excluding hydrogens is 342 g/mol. The monoisotopic (exact) mass is 355 g/mol. The number of rotatable bonds is 5. The number of aromatic nitrogens is 1. The summed E-state index contributed by atoms with van der Waals surface area (Å²) in [5.74, 6) is 0. The van der Waals surface area contributed by atoms with E-state index in [-0.39, 0.29) is 22.5 Å². The van der Waals surface area contributed by atoms with Crippen LogP contribution in [0.1, 0.15) is 22.3 Å². The van der Waals surface area contributed by atoms with Gasteiger partial charge in [-0.2, -0.15) is 10.5 Å². The molecule has 3 aromatic rings. The second-order valence-electron chi connectivity index (χ2n) is 5.75. The molecule has 0 aliphatic rings. The summed E-state index contributed by atoms with van der Waals surface area (Å²) in [5.41, 5.74) is 2.82. The number of nitro groups is 1. The smallest absolute Gasteiger partial charge is 0.294 e. The zero-order chi connectivity index (χ0) is 19.2. The van der Waals surface area contributed by atoms with Crippen LogP contribution in [-0.4, -0.2) is 9.91 Å². The van der Waals surface area contributed by atoms with Crippen LogP contribution in [0.25, 0.3) is 0 Å². The van der Waals surface area contributed by atoms with Crippen molar-refractivity contribution in [1.29, 1.82) is 10.5 Å². The lowest BCUT2D eigenvalue weighted by Gasteiger charge is -2.09. The quantitative estimate of drug-likeness (QED) is 0.545. The third-order valence-electron chi connectivity index (χ3n) is 3.96. The van der Waals surface area contributed by atoms with Gasteiger partial charge >= 0.3 is 0 Å². The molecule has 27 heavy (non-hydrogen) atoms. The maximum Gasteiger partial charge on any atom is 0.294 e. The molecule has 7 nitrogen and oxygen atoms in total. The van der Waals surface area contributed by atoms with Gasteiger partial charge in [0.15, 0.2) is 0 Å². The van der Waals surface area contributed by atoms with Gasteiger partial charge in [-0.25, -0.2) is 0 Å². The van der Waals surface area contributed by atoms with E-state index in [2.05, 4.69) is 10.3 Å². The first-order valence-electron chi connectivity index (χ1n) is 7.98. The average Bonchev–Trinajstić information content (AvgIpc) is 2.69. The van der Waals surface area contributed by atoms with E-state index in [0.717, 1.165) is 23.6 Å². The Kier molecular flexibility index (Phi) is 5.06. The van der Waals surface area contributed by atoms with Gasteiger partial charge in [0.05, 0.1) is 16.1 Å². The van der Waals surface area contributed by atoms with E-state index < -0.39 is 4.92 Å². The van der Waals surface area contributed by atoms with Crippen LogP contribution < -0.4 is 5.32 Å². The lowest BCUT2D eigenvalue weighted by molar-refractivity contribution is -0.383. The van der Waals surface area contributed by atoms with Crippen LogP contribution in [-0.2, 0) is 6.42 Å². The number of nitrogens with zero attached hydrogens (tertiary/aromatic N) is 4. The van der Waals surface area contributed by atoms with Crippen molar-refractivity contribution in [3.63, 3.8) is 0 Å². The fourth-order valence-corrected chi connectivity index (χ4v) is 2.62. The van der Waals surface area contributed by atoms with Gasteiger partial charge < -0.3 is 5.32 Å². The summed E-state index contributed by atoms with van der Waals surface area (Å²) >= 11 is 0. The summed E-state index contributed by atoms with van der Waals surface area (Å²) in [5, 5.41) is 32.4. The fraction of sp³-hybridized carbons (Fsp3) is 0.0500. The van der Waals surface area contributed by atoms with Crippen molar-refractivity contribution in [3.05, 3.63) is 93.3 Å². The van der Waals surface area contributed by atoms with Crippen LogP contribution in [0.4, 0.5) is 17.1 Å². The Bertz CT molecular complexity index is 1060. The Morgan fingerprint density at radius 2 is 1.56 bits per heavy atom. The molecule has 0 radical (unpaired) electrons. The molecule has 130 valence electrons. The molecule has 0 amide bonds. The molecule has 0 unspecified atom stereocenters. The summed E-state index contributed by atoms with van der Waals surface area (Å²) in [6.45, 7) is 0. The highest BCUT2D eigenvalue weighted by Crippen LogP contribution is 2.31. The first-order chi connectivity index (χ1) is 13.1. The van der Waals surface area contributed by atoms with Gasteiger partial charge in [-0.15, -0.1) is 0 Å². The summed E-state index contributed by atoms with van der Waals surface area (Å²) in [6, 6.07) is 17.5. The molecule has 7 heteroatoms. The molecule has 1 aromatic heterocycles. The average molecular weight is 355 g/mol. The molecule has 2 aromatic carbocycles. The van der Waals surface area contributed by atoms with Gasteiger partial charge in [-0.1, -0.05) is 12.1 Å². The minimum atomic E-state index is -0.581. The van der Waals surface area contributed by atoms with Gasteiger partial charge in [0.25, 0.3) is 5.69 Å². The van der Waals surface area contributed by atoms with Crippen molar-refractivity contribution < 1.29 is 4.92 Å². The molecule has 1 N–H and O–H groups in total. The summed E-state index contributed by atoms with van der Waals surface area (Å²) in [6.07, 6.45) is 4.22. The Morgan fingerprint density at radius 3 is 2.15 bits per heavy atom. The van der Waals surface area contributed by atoms with E-state index in [1.54, 1.807) is 18.5 Å². The minimum absolute atomic E-state index is 0.0255. The molecule has 0 aliphatic carbocycles. The second kappa shape index (κ2) is 7.77. The van der Waals surface area contributed by atoms with Gasteiger partial charge in [0.1, 0.15) is 17.8 Å². The molecule has 0 saturated heterocycles. The number of nitro benzene ring substituents is 1. The third-order valence-corrected chi connectivity index (χ3v) is 3.96. The van der Waals surface area contributed by atoms with E-state index in [0.29, 0.717) is 5.69 Å². The summed E-state index contributed by atoms with van der Waals surface area (Å²) < 4.78 is 0. The molecule has 0 saturated carbocycles. The summed E-state index contributed by atoms with van der Waals surface area (Å²) in [4.78, 5) is 14.7. The lowest BCUT2D eigenvalue weighted by Crippen LogP contribution is -2.00. The standard InChI is InChI=1S/C20H13N5O2/c21-12-16-10-19(20(25(26)27)11-17(16)13-22)24-18-3-1-14(2-4-18)9-15-5-7-23-8-6-15/h1-8,10-11,24H,9H2. The Morgan fingerprint density at radius 1 is 0.963 bits per heavy atom. The molecular formula is C20H13N5O2. The number of nitrogens with one attached hydrogen (secondary N) is 1. The molecule has 0 atom stereocenters. The predicted octanol–water partition coefficient (Wildman–Crippen LogP) is 4.07. The molecule has 0 bridgehead atoms. The highest BCUT2D eigenvalue weighted by molar-refractivity contribution is 5.73. The highest BCUT2D eigenvalue weighted by atomic mass is 16.6. The first kappa shape index (κ1) is 17.6. The van der Waals surface area contributed by atoms with E-state index >= 15 is 0 Å². The fourth-order valence-electron chi connectivity index (χ4n) is 2.62. The van der Waals surface area contributed by atoms with Gasteiger partial charge in [0, 0.05) is 24.1 Å². The summed E-state index contributed by atoms with van der Waals surface area (Å²) in [7, 11) is 0. The SMILES string of the molecule is N#Cc1cc(Nc2ccc(Cc3ccncc3)cc2)c([N+](=O)[O-])cc1C#N.